The van der Waals surface area contributed by atoms with Gasteiger partial charge in [0.2, 0.25) is 9.84 Å². The summed E-state index contributed by atoms with van der Waals surface area (Å²) in [5.41, 5.74) is -0.231. The van der Waals surface area contributed by atoms with E-state index in [0.29, 0.717) is 28.9 Å². The van der Waals surface area contributed by atoms with Gasteiger partial charge in [-0.2, -0.15) is 0 Å². The summed E-state index contributed by atoms with van der Waals surface area (Å²) in [5.74, 6) is -0.565. The molecule has 2 heterocycles. The van der Waals surface area contributed by atoms with E-state index in [-0.39, 0.29) is 9.80 Å². The second-order valence-electron chi connectivity index (χ2n) is 10.9. The number of ether oxygens (including phenoxy) is 1. The van der Waals surface area contributed by atoms with Gasteiger partial charge in [0.15, 0.2) is 17.6 Å². The SMILES string of the molecule is CC1=CC=C2C(C)(C)C(=O)C(S(=O)(=O)c3ccccc3)=CC23Oc2c(ccc4c2C(O)NC4=O)CC13C. The van der Waals surface area contributed by atoms with E-state index in [0.717, 1.165) is 11.1 Å². The molecule has 0 fully saturated rings. The number of Topliss-reactive ketones (excluding diaryl/α,β-unsaturated/α-hetero) is 1. The van der Waals surface area contributed by atoms with E-state index in [4.69, 9.17) is 4.74 Å². The zero-order valence-corrected chi connectivity index (χ0v) is 21.8. The highest BCUT2D eigenvalue weighted by Gasteiger charge is 2.64. The minimum absolute atomic E-state index is 0.0290. The van der Waals surface area contributed by atoms with Crippen molar-refractivity contribution in [2.45, 2.75) is 50.8 Å². The van der Waals surface area contributed by atoms with Gasteiger partial charge in [0.05, 0.1) is 21.4 Å². The first-order valence-corrected chi connectivity index (χ1v) is 13.6. The third-order valence-corrected chi connectivity index (χ3v) is 10.4. The molecule has 2 aromatic rings. The molecule has 0 saturated heterocycles. The van der Waals surface area contributed by atoms with Crippen molar-refractivity contribution in [3.8, 4) is 5.75 Å². The Labute approximate surface area is 215 Å². The number of hydrogen-bond acceptors (Lipinski definition) is 6. The van der Waals surface area contributed by atoms with Crippen molar-refractivity contribution >= 4 is 21.5 Å². The molecule has 2 aliphatic carbocycles. The number of aliphatic hydroxyl groups excluding tert-OH is 1. The van der Waals surface area contributed by atoms with E-state index >= 15 is 0 Å². The van der Waals surface area contributed by atoms with E-state index in [1.807, 2.05) is 32.1 Å². The highest BCUT2D eigenvalue weighted by Crippen LogP contribution is 2.62. The van der Waals surface area contributed by atoms with Crippen LogP contribution in [0.4, 0.5) is 0 Å². The number of sulfone groups is 1. The van der Waals surface area contributed by atoms with E-state index in [1.54, 1.807) is 38.1 Å². The summed E-state index contributed by atoms with van der Waals surface area (Å²) in [6, 6.07) is 11.4. The number of nitrogens with one attached hydrogen (secondary N) is 1. The molecule has 2 N–H and O–H groups in total. The lowest BCUT2D eigenvalue weighted by Gasteiger charge is -2.58. The summed E-state index contributed by atoms with van der Waals surface area (Å²) < 4.78 is 34.6. The molecular formula is C29H27NO6S. The van der Waals surface area contributed by atoms with Crippen molar-refractivity contribution in [3.05, 3.63) is 93.4 Å². The number of amides is 1. The zero-order valence-electron chi connectivity index (χ0n) is 21.0. The molecule has 3 unspecified atom stereocenters. The molecule has 4 aliphatic rings. The first-order valence-electron chi connectivity index (χ1n) is 12.2. The number of carbonyl (C=O) groups excluding carboxylic acids is 2. The second-order valence-corrected chi connectivity index (χ2v) is 12.9. The minimum Gasteiger partial charge on any atom is -0.477 e. The summed E-state index contributed by atoms with van der Waals surface area (Å²) in [6.45, 7) is 7.43. The van der Waals surface area contributed by atoms with Gasteiger partial charge in [0.1, 0.15) is 10.7 Å². The molecule has 0 saturated carbocycles. The number of allylic oxidation sites excluding steroid dienone is 3. The third-order valence-electron chi connectivity index (χ3n) is 8.60. The predicted molar refractivity (Wildman–Crippen MR) is 136 cm³/mol. The van der Waals surface area contributed by atoms with Crippen LogP contribution in [0.3, 0.4) is 0 Å². The minimum atomic E-state index is -4.17. The number of ketones is 1. The lowest BCUT2D eigenvalue weighted by molar-refractivity contribution is -0.124. The van der Waals surface area contributed by atoms with Crippen LogP contribution in [0.2, 0.25) is 0 Å². The molecule has 6 rings (SSSR count). The van der Waals surface area contributed by atoms with Crippen molar-refractivity contribution in [3.63, 3.8) is 0 Å². The number of carbonyl (C=O) groups is 2. The van der Waals surface area contributed by atoms with E-state index in [2.05, 4.69) is 5.32 Å². The van der Waals surface area contributed by atoms with Crippen LogP contribution in [0, 0.1) is 10.8 Å². The average molecular weight is 518 g/mol. The van der Waals surface area contributed by atoms with Crippen molar-refractivity contribution in [2.75, 3.05) is 0 Å². The molecular weight excluding hydrogens is 490 g/mol. The number of fused-ring (bicyclic) bond motifs is 3. The largest absolute Gasteiger partial charge is 0.477 e. The predicted octanol–water partition coefficient (Wildman–Crippen LogP) is 3.95. The van der Waals surface area contributed by atoms with Gasteiger partial charge in [-0.1, -0.05) is 48.9 Å². The molecule has 0 aromatic heterocycles. The smallest absolute Gasteiger partial charge is 0.254 e. The van der Waals surface area contributed by atoms with E-state index < -0.39 is 44.2 Å². The lowest BCUT2D eigenvalue weighted by Crippen LogP contribution is -2.62. The zero-order chi connectivity index (χ0) is 26.5. The normalized spacial score (nSPS) is 29.4. The fourth-order valence-electron chi connectivity index (χ4n) is 6.28. The molecule has 2 aromatic carbocycles. The standard InChI is InChI=1S/C29H27NO6S/c1-16-10-13-21-27(2,3)24(31)20(37(34,35)18-8-6-5-7-9-18)15-29(21)28(16,4)14-17-11-12-19-22(23(17)36-29)26(33)30-25(19)32/h5-13,15,26,33H,14H2,1-4H3,(H,30,32). The Hall–Kier alpha value is -3.49. The third kappa shape index (κ3) is 2.88. The topological polar surface area (TPSA) is 110 Å². The molecule has 1 spiro atoms. The van der Waals surface area contributed by atoms with Crippen molar-refractivity contribution in [2.24, 2.45) is 10.8 Å². The maximum absolute atomic E-state index is 13.9. The number of rotatable bonds is 2. The van der Waals surface area contributed by atoms with Crippen LogP contribution in [-0.4, -0.2) is 30.8 Å². The summed E-state index contributed by atoms with van der Waals surface area (Å²) >= 11 is 0. The van der Waals surface area contributed by atoms with E-state index in [1.165, 1.54) is 18.2 Å². The number of hydrogen-bond donors (Lipinski definition) is 2. The van der Waals surface area contributed by atoms with E-state index in [9.17, 15) is 23.1 Å². The molecule has 0 radical (unpaired) electrons. The summed E-state index contributed by atoms with van der Waals surface area (Å²) in [7, 11) is -4.17. The van der Waals surface area contributed by atoms with Crippen LogP contribution in [0.5, 0.6) is 5.75 Å². The maximum atomic E-state index is 13.9. The maximum Gasteiger partial charge on any atom is 0.254 e. The molecule has 0 bridgehead atoms. The average Bonchev–Trinajstić information content (AvgIpc) is 3.15. The molecule has 37 heavy (non-hydrogen) atoms. The van der Waals surface area contributed by atoms with Crippen LogP contribution in [0.1, 0.15) is 55.4 Å². The monoisotopic (exact) mass is 517 g/mol. The lowest BCUT2D eigenvalue weighted by atomic mass is 9.52. The number of benzene rings is 2. The highest BCUT2D eigenvalue weighted by atomic mass is 32.2. The van der Waals surface area contributed by atoms with Crippen molar-refractivity contribution < 1.29 is 27.9 Å². The van der Waals surface area contributed by atoms with Crippen molar-refractivity contribution in [1.82, 2.24) is 5.32 Å². The van der Waals surface area contributed by atoms with Gasteiger partial charge in [-0.3, -0.25) is 9.59 Å². The Bertz CT molecular complexity index is 1610. The molecule has 8 heteroatoms. The van der Waals surface area contributed by atoms with Crippen LogP contribution >= 0.6 is 0 Å². The molecule has 2 aliphatic heterocycles. The molecule has 3 atom stereocenters. The summed E-state index contributed by atoms with van der Waals surface area (Å²) in [4.78, 5) is 26.0. The van der Waals surface area contributed by atoms with Gasteiger partial charge >= 0.3 is 0 Å². The second kappa shape index (κ2) is 7.30. The molecule has 7 nitrogen and oxygen atoms in total. The quantitative estimate of drug-likeness (QED) is 0.624. The summed E-state index contributed by atoms with van der Waals surface area (Å²) in [6.07, 6.45) is 4.50. The Morgan fingerprint density at radius 2 is 1.73 bits per heavy atom. The Morgan fingerprint density at radius 3 is 2.43 bits per heavy atom. The Balaban J connectivity index is 1.67. The van der Waals surface area contributed by atoms with Gasteiger partial charge < -0.3 is 15.2 Å². The fraction of sp³-hybridized carbons (Fsp3) is 0.310. The molecule has 190 valence electrons. The summed E-state index contributed by atoms with van der Waals surface area (Å²) in [5, 5.41) is 13.2. The van der Waals surface area contributed by atoms with Gasteiger partial charge in [-0.15, -0.1) is 0 Å². The highest BCUT2D eigenvalue weighted by molar-refractivity contribution is 7.96. The number of aliphatic hydroxyl groups is 1. The fourth-order valence-corrected chi connectivity index (χ4v) is 7.87. The van der Waals surface area contributed by atoms with Crippen LogP contribution in [0.25, 0.3) is 0 Å². The first-order chi connectivity index (χ1) is 17.3. The van der Waals surface area contributed by atoms with Crippen LogP contribution in [-0.2, 0) is 21.1 Å². The van der Waals surface area contributed by atoms with Crippen LogP contribution < -0.4 is 10.1 Å². The Morgan fingerprint density at radius 1 is 1.03 bits per heavy atom. The first kappa shape index (κ1) is 23.9. The molecule has 1 amide bonds. The Kier molecular flexibility index (Phi) is 4.71. The van der Waals surface area contributed by atoms with Gasteiger partial charge in [-0.05, 0) is 62.6 Å². The van der Waals surface area contributed by atoms with Gasteiger partial charge in [-0.25, -0.2) is 8.42 Å². The van der Waals surface area contributed by atoms with Crippen LogP contribution in [0.15, 0.2) is 81.6 Å². The van der Waals surface area contributed by atoms with Crippen molar-refractivity contribution in [1.29, 1.82) is 0 Å². The van der Waals surface area contributed by atoms with Gasteiger partial charge in [0, 0.05) is 5.41 Å². The van der Waals surface area contributed by atoms with Gasteiger partial charge in [0.25, 0.3) is 5.91 Å².